The van der Waals surface area contributed by atoms with E-state index in [0.29, 0.717) is 5.56 Å². The third-order valence-corrected chi connectivity index (χ3v) is 6.14. The number of allylic oxidation sites excluding steroid dienone is 1. The van der Waals surface area contributed by atoms with Crippen LogP contribution < -0.4 is 15.4 Å². The number of primary amides is 1. The van der Waals surface area contributed by atoms with Crippen LogP contribution in [0.25, 0.3) is 6.08 Å². The average Bonchev–Trinajstić information content (AvgIpc) is 3.16. The summed E-state index contributed by atoms with van der Waals surface area (Å²) in [5, 5.41) is 0. The van der Waals surface area contributed by atoms with E-state index in [9.17, 15) is 9.59 Å². The quantitative estimate of drug-likeness (QED) is 0.613. The number of ketones is 1. The minimum absolute atomic E-state index is 0.195. The highest BCUT2D eigenvalue weighted by Gasteiger charge is 2.30. The highest BCUT2D eigenvalue weighted by atomic mass is 16.5. The Labute approximate surface area is 192 Å². The van der Waals surface area contributed by atoms with Crippen molar-refractivity contribution in [3.63, 3.8) is 0 Å². The Morgan fingerprint density at radius 3 is 2.33 bits per heavy atom. The van der Waals surface area contributed by atoms with E-state index in [2.05, 4.69) is 46.2 Å². The molecule has 0 saturated carbocycles. The van der Waals surface area contributed by atoms with Crippen molar-refractivity contribution in [2.45, 2.75) is 6.54 Å². The van der Waals surface area contributed by atoms with Gasteiger partial charge in [0.15, 0.2) is 11.5 Å². The fourth-order valence-corrected chi connectivity index (χ4v) is 4.34. The predicted molar refractivity (Wildman–Crippen MR) is 128 cm³/mol. The van der Waals surface area contributed by atoms with E-state index in [4.69, 9.17) is 10.5 Å². The van der Waals surface area contributed by atoms with Crippen LogP contribution in [0.1, 0.15) is 31.8 Å². The molecule has 1 fully saturated rings. The molecule has 2 aliphatic rings. The van der Waals surface area contributed by atoms with Gasteiger partial charge in [-0.3, -0.25) is 14.5 Å². The number of piperazine rings is 1. The molecule has 0 atom stereocenters. The van der Waals surface area contributed by atoms with E-state index in [1.54, 1.807) is 24.3 Å². The maximum absolute atomic E-state index is 12.7. The van der Waals surface area contributed by atoms with Gasteiger partial charge in [0, 0.05) is 38.4 Å². The van der Waals surface area contributed by atoms with Crippen LogP contribution in [0.15, 0.2) is 78.6 Å². The van der Waals surface area contributed by atoms with Crippen molar-refractivity contribution in [3.8, 4) is 5.75 Å². The van der Waals surface area contributed by atoms with Gasteiger partial charge in [-0.25, -0.2) is 0 Å². The fraction of sp³-hybridized carbons (Fsp3) is 0.185. The zero-order chi connectivity index (χ0) is 22.8. The van der Waals surface area contributed by atoms with Crippen LogP contribution in [0.2, 0.25) is 0 Å². The summed E-state index contributed by atoms with van der Waals surface area (Å²) in [6.45, 7) is 4.96. The molecule has 0 bridgehead atoms. The number of amides is 1. The van der Waals surface area contributed by atoms with Crippen LogP contribution in [0.3, 0.4) is 0 Å². The second-order valence-corrected chi connectivity index (χ2v) is 8.33. The van der Waals surface area contributed by atoms with Crippen LogP contribution in [0.5, 0.6) is 5.75 Å². The molecule has 1 amide bonds. The van der Waals surface area contributed by atoms with Gasteiger partial charge in [-0.15, -0.1) is 0 Å². The standard InChI is InChI=1S/C27H25N3O3/c28-27(32)23-8-4-7-22-25(31)24(33-26(22)23)17-19-9-11-21(12-10-19)30-15-13-29(14-16-30)18-20-5-2-1-3-6-20/h1-12,17H,13-16,18H2,(H2,28,32)/b24-17-. The summed E-state index contributed by atoms with van der Waals surface area (Å²) in [5.41, 5.74) is 9.35. The first-order valence-electron chi connectivity index (χ1n) is 11.1. The molecule has 0 radical (unpaired) electrons. The van der Waals surface area contributed by atoms with Gasteiger partial charge in [-0.1, -0.05) is 48.5 Å². The molecule has 0 unspecified atom stereocenters. The summed E-state index contributed by atoms with van der Waals surface area (Å²) in [6.07, 6.45) is 1.70. The third kappa shape index (κ3) is 4.38. The molecule has 5 rings (SSSR count). The first-order valence-corrected chi connectivity index (χ1v) is 11.1. The first-order chi connectivity index (χ1) is 16.1. The minimum atomic E-state index is -0.617. The van der Waals surface area contributed by atoms with Crippen molar-refractivity contribution >= 4 is 23.5 Å². The summed E-state index contributed by atoms with van der Waals surface area (Å²) in [7, 11) is 0. The van der Waals surface area contributed by atoms with Gasteiger partial charge in [0.05, 0.1) is 11.1 Å². The van der Waals surface area contributed by atoms with Crippen molar-refractivity contribution in [1.82, 2.24) is 4.90 Å². The molecule has 2 aliphatic heterocycles. The number of hydrogen-bond acceptors (Lipinski definition) is 5. The molecule has 6 nitrogen and oxygen atoms in total. The molecule has 33 heavy (non-hydrogen) atoms. The lowest BCUT2D eigenvalue weighted by molar-refractivity contribution is 0.0991. The van der Waals surface area contributed by atoms with Gasteiger partial charge < -0.3 is 15.4 Å². The fourth-order valence-electron chi connectivity index (χ4n) is 4.34. The number of hydrogen-bond donors (Lipinski definition) is 1. The molecule has 166 valence electrons. The van der Waals surface area contributed by atoms with Crippen LogP contribution in [-0.2, 0) is 6.54 Å². The Hall–Kier alpha value is -3.90. The molecule has 2 heterocycles. The van der Waals surface area contributed by atoms with Crippen LogP contribution in [-0.4, -0.2) is 42.8 Å². The van der Waals surface area contributed by atoms with Gasteiger partial charge in [-0.2, -0.15) is 0 Å². The Bertz CT molecular complexity index is 1210. The lowest BCUT2D eigenvalue weighted by Gasteiger charge is -2.36. The smallest absolute Gasteiger partial charge is 0.252 e. The number of ether oxygens (including phenoxy) is 1. The van der Waals surface area contributed by atoms with Crippen LogP contribution in [0.4, 0.5) is 5.69 Å². The molecule has 3 aromatic carbocycles. The Morgan fingerprint density at radius 1 is 0.909 bits per heavy atom. The number of rotatable bonds is 5. The number of nitrogens with two attached hydrogens (primary N) is 1. The monoisotopic (exact) mass is 439 g/mol. The maximum atomic E-state index is 12.7. The van der Waals surface area contributed by atoms with Gasteiger partial charge in [0.25, 0.3) is 5.91 Å². The number of anilines is 1. The van der Waals surface area contributed by atoms with E-state index < -0.39 is 5.91 Å². The lowest BCUT2D eigenvalue weighted by Crippen LogP contribution is -2.45. The van der Waals surface area contributed by atoms with E-state index in [-0.39, 0.29) is 22.9 Å². The molecular weight excluding hydrogens is 414 g/mol. The SMILES string of the molecule is NC(=O)c1cccc2c1O/C(=C\c1ccc(N3CCN(Cc4ccccc4)CC3)cc1)C2=O. The van der Waals surface area contributed by atoms with Gasteiger partial charge in [0.2, 0.25) is 5.78 Å². The van der Waals surface area contributed by atoms with Crippen molar-refractivity contribution in [2.75, 3.05) is 31.1 Å². The highest BCUT2D eigenvalue weighted by Crippen LogP contribution is 2.35. The number of para-hydroxylation sites is 1. The van der Waals surface area contributed by atoms with Crippen molar-refractivity contribution in [1.29, 1.82) is 0 Å². The van der Waals surface area contributed by atoms with E-state index in [1.165, 1.54) is 5.56 Å². The second-order valence-electron chi connectivity index (χ2n) is 8.33. The number of fused-ring (bicyclic) bond motifs is 1. The maximum Gasteiger partial charge on any atom is 0.252 e. The Balaban J connectivity index is 1.23. The van der Waals surface area contributed by atoms with Crippen molar-refractivity contribution in [3.05, 3.63) is 101 Å². The number of carbonyl (C=O) groups excluding carboxylic acids is 2. The average molecular weight is 440 g/mol. The van der Waals surface area contributed by atoms with Gasteiger partial charge in [0.1, 0.15) is 0 Å². The van der Waals surface area contributed by atoms with E-state index in [0.717, 1.165) is 44.0 Å². The van der Waals surface area contributed by atoms with Gasteiger partial charge >= 0.3 is 0 Å². The predicted octanol–water partition coefficient (Wildman–Crippen LogP) is 3.72. The normalized spacial score (nSPS) is 17.2. The zero-order valence-corrected chi connectivity index (χ0v) is 18.2. The van der Waals surface area contributed by atoms with E-state index >= 15 is 0 Å². The number of carbonyl (C=O) groups is 2. The number of nitrogens with zero attached hydrogens (tertiary/aromatic N) is 2. The minimum Gasteiger partial charge on any atom is -0.452 e. The van der Waals surface area contributed by atoms with Crippen molar-refractivity contribution < 1.29 is 14.3 Å². The summed E-state index contributed by atoms with van der Waals surface area (Å²) >= 11 is 0. The van der Waals surface area contributed by atoms with Gasteiger partial charge in [-0.05, 0) is 41.5 Å². The zero-order valence-electron chi connectivity index (χ0n) is 18.2. The molecular formula is C27H25N3O3. The first kappa shape index (κ1) is 21.0. The topological polar surface area (TPSA) is 75.9 Å². The van der Waals surface area contributed by atoms with E-state index in [1.807, 2.05) is 18.2 Å². The lowest BCUT2D eigenvalue weighted by atomic mass is 10.1. The Kier molecular flexibility index (Phi) is 5.67. The summed E-state index contributed by atoms with van der Waals surface area (Å²) < 4.78 is 5.72. The Morgan fingerprint density at radius 2 is 1.64 bits per heavy atom. The van der Waals surface area contributed by atoms with Crippen LogP contribution in [0, 0.1) is 0 Å². The van der Waals surface area contributed by atoms with Crippen molar-refractivity contribution in [2.24, 2.45) is 5.73 Å². The second kappa shape index (κ2) is 8.92. The molecule has 0 aliphatic carbocycles. The third-order valence-electron chi connectivity index (χ3n) is 6.14. The molecule has 1 saturated heterocycles. The number of benzene rings is 3. The highest BCUT2D eigenvalue weighted by molar-refractivity contribution is 6.16. The molecule has 2 N–H and O–H groups in total. The molecule has 0 spiro atoms. The molecule has 0 aromatic heterocycles. The molecule has 3 aromatic rings. The largest absolute Gasteiger partial charge is 0.452 e. The summed E-state index contributed by atoms with van der Waals surface area (Å²) in [6, 6.07) is 23.5. The summed E-state index contributed by atoms with van der Waals surface area (Å²) in [5.74, 6) is -0.423. The molecule has 6 heteroatoms. The summed E-state index contributed by atoms with van der Waals surface area (Å²) in [4.78, 5) is 29.2. The number of Topliss-reactive ketones (excluding diaryl/α,β-unsaturated/α-hetero) is 1. The van der Waals surface area contributed by atoms with Crippen LogP contribution >= 0.6 is 0 Å².